The molecule has 0 unspecified atom stereocenters. The van der Waals surface area contributed by atoms with Crippen LogP contribution in [0.1, 0.15) is 31.1 Å². The van der Waals surface area contributed by atoms with Crippen LogP contribution in [-0.2, 0) is 6.54 Å². The highest BCUT2D eigenvalue weighted by atomic mass is 35.5. The van der Waals surface area contributed by atoms with E-state index >= 15 is 0 Å². The van der Waals surface area contributed by atoms with E-state index in [2.05, 4.69) is 24.1 Å². The smallest absolute Gasteiger partial charge is 0.0621 e. The Bertz CT molecular complexity index is 323. The van der Waals surface area contributed by atoms with Gasteiger partial charge >= 0.3 is 0 Å². The molecular weight excluding hydrogens is 184 g/mol. The van der Waals surface area contributed by atoms with Crippen molar-refractivity contribution in [3.8, 4) is 0 Å². The summed E-state index contributed by atoms with van der Waals surface area (Å²) in [6, 6.07) is 2.39. The van der Waals surface area contributed by atoms with Crippen molar-refractivity contribution in [3.63, 3.8) is 0 Å². The molecule has 0 radical (unpaired) electrons. The van der Waals surface area contributed by atoms with Crippen LogP contribution in [0.3, 0.4) is 0 Å². The fourth-order valence-corrected chi connectivity index (χ4v) is 1.96. The summed E-state index contributed by atoms with van der Waals surface area (Å²) in [6.07, 6.45) is 1.72. The van der Waals surface area contributed by atoms with Crippen molar-refractivity contribution in [2.24, 2.45) is 5.92 Å². The van der Waals surface area contributed by atoms with Crippen molar-refractivity contribution in [1.82, 2.24) is 10.3 Å². The van der Waals surface area contributed by atoms with Crippen LogP contribution in [0.15, 0.2) is 12.3 Å². The third kappa shape index (κ3) is 1.56. The van der Waals surface area contributed by atoms with Gasteiger partial charge in [0, 0.05) is 12.7 Å². The molecule has 2 nitrogen and oxygen atoms in total. The number of hydrogen-bond acceptors (Lipinski definition) is 2. The summed E-state index contributed by atoms with van der Waals surface area (Å²) in [4.78, 5) is 4.37. The second-order valence-corrected chi connectivity index (χ2v) is 4.24. The average Bonchev–Trinajstić information content (AvgIpc) is 2.46. The van der Waals surface area contributed by atoms with E-state index in [9.17, 15) is 0 Å². The van der Waals surface area contributed by atoms with Gasteiger partial charge < -0.3 is 5.32 Å². The Morgan fingerprint density at radius 1 is 1.62 bits per heavy atom. The normalized spacial score (nSPS) is 20.8. The van der Waals surface area contributed by atoms with Crippen LogP contribution in [0, 0.1) is 5.92 Å². The zero-order valence-corrected chi connectivity index (χ0v) is 8.60. The number of fused-ring (bicyclic) bond motifs is 1. The average molecular weight is 197 g/mol. The van der Waals surface area contributed by atoms with Gasteiger partial charge in [-0.15, -0.1) is 0 Å². The molecule has 0 aliphatic carbocycles. The summed E-state index contributed by atoms with van der Waals surface area (Å²) in [5, 5.41) is 4.15. The lowest BCUT2D eigenvalue weighted by Gasteiger charge is -2.14. The third-order valence-electron chi connectivity index (χ3n) is 2.44. The van der Waals surface area contributed by atoms with Gasteiger partial charge in [0.25, 0.3) is 0 Å². The molecule has 0 saturated heterocycles. The maximum atomic E-state index is 5.86. The van der Waals surface area contributed by atoms with E-state index in [-0.39, 0.29) is 0 Å². The Labute approximate surface area is 83.3 Å². The quantitative estimate of drug-likeness (QED) is 0.747. The number of hydrogen-bond donors (Lipinski definition) is 1. The molecule has 0 aromatic carbocycles. The van der Waals surface area contributed by atoms with Gasteiger partial charge in [-0.2, -0.15) is 0 Å². The number of nitrogens with zero attached hydrogens (tertiary/aromatic N) is 1. The minimum absolute atomic E-state index is 0.396. The molecule has 70 valence electrons. The number of aromatic nitrogens is 1. The van der Waals surface area contributed by atoms with Gasteiger partial charge in [-0.25, -0.2) is 0 Å². The summed E-state index contributed by atoms with van der Waals surface area (Å²) in [5.74, 6) is 0.579. The van der Waals surface area contributed by atoms with Gasteiger partial charge in [-0.05, 0) is 17.5 Å². The molecule has 2 rings (SSSR count). The standard InChI is InChI=1S/C10H13ClN2/c1-6(2)9-10-7(4-12-9)3-8(11)5-13-10/h3,5-6,9,12H,4H2,1-2H3/t9-/m0/s1. The molecule has 0 amide bonds. The minimum atomic E-state index is 0.396. The summed E-state index contributed by atoms with van der Waals surface area (Å²) in [5.41, 5.74) is 2.41. The van der Waals surface area contributed by atoms with E-state index in [0.717, 1.165) is 11.6 Å². The molecule has 13 heavy (non-hydrogen) atoms. The summed E-state index contributed by atoms with van der Waals surface area (Å²) in [6.45, 7) is 5.29. The third-order valence-corrected chi connectivity index (χ3v) is 2.65. The summed E-state index contributed by atoms with van der Waals surface area (Å²) >= 11 is 5.86. The Kier molecular flexibility index (Phi) is 2.26. The molecule has 2 heterocycles. The Morgan fingerprint density at radius 2 is 2.38 bits per heavy atom. The first-order valence-electron chi connectivity index (χ1n) is 4.56. The molecule has 0 spiro atoms. The van der Waals surface area contributed by atoms with Gasteiger partial charge in [0.1, 0.15) is 0 Å². The predicted octanol–water partition coefficient (Wildman–Crippen LogP) is 2.54. The van der Waals surface area contributed by atoms with Crippen molar-refractivity contribution in [2.75, 3.05) is 0 Å². The fraction of sp³-hybridized carbons (Fsp3) is 0.500. The monoisotopic (exact) mass is 196 g/mol. The Balaban J connectivity index is 2.38. The molecule has 1 N–H and O–H groups in total. The lowest BCUT2D eigenvalue weighted by molar-refractivity contribution is 0.435. The van der Waals surface area contributed by atoms with E-state index in [1.807, 2.05) is 6.07 Å². The lowest BCUT2D eigenvalue weighted by Crippen LogP contribution is -2.18. The van der Waals surface area contributed by atoms with Gasteiger partial charge in [-0.1, -0.05) is 25.4 Å². The molecule has 1 atom stereocenters. The fourth-order valence-electron chi connectivity index (χ4n) is 1.78. The van der Waals surface area contributed by atoms with E-state index < -0.39 is 0 Å². The van der Waals surface area contributed by atoms with Gasteiger partial charge in [0.15, 0.2) is 0 Å². The maximum Gasteiger partial charge on any atom is 0.0621 e. The van der Waals surface area contributed by atoms with Gasteiger partial charge in [0.2, 0.25) is 0 Å². The van der Waals surface area contributed by atoms with Crippen LogP contribution in [0.5, 0.6) is 0 Å². The molecular formula is C10H13ClN2. The van der Waals surface area contributed by atoms with Crippen molar-refractivity contribution >= 4 is 11.6 Å². The maximum absolute atomic E-state index is 5.86. The first-order chi connectivity index (χ1) is 6.18. The Morgan fingerprint density at radius 3 is 3.08 bits per heavy atom. The molecule has 0 saturated carbocycles. The molecule has 3 heteroatoms. The van der Waals surface area contributed by atoms with Crippen LogP contribution in [0.25, 0.3) is 0 Å². The lowest BCUT2D eigenvalue weighted by atomic mass is 10.0. The molecule has 1 aliphatic heterocycles. The van der Waals surface area contributed by atoms with Crippen molar-refractivity contribution in [3.05, 3.63) is 28.5 Å². The van der Waals surface area contributed by atoms with E-state index in [4.69, 9.17) is 11.6 Å². The Hall–Kier alpha value is -0.600. The number of rotatable bonds is 1. The highest BCUT2D eigenvalue weighted by Gasteiger charge is 2.25. The second-order valence-electron chi connectivity index (χ2n) is 3.80. The topological polar surface area (TPSA) is 24.9 Å². The van der Waals surface area contributed by atoms with Crippen LogP contribution in [-0.4, -0.2) is 4.98 Å². The van der Waals surface area contributed by atoms with Crippen LogP contribution >= 0.6 is 11.6 Å². The second kappa shape index (κ2) is 3.28. The molecule has 0 fully saturated rings. The van der Waals surface area contributed by atoms with Crippen molar-refractivity contribution in [1.29, 1.82) is 0 Å². The predicted molar refractivity (Wildman–Crippen MR) is 53.7 cm³/mol. The van der Waals surface area contributed by atoms with Crippen molar-refractivity contribution < 1.29 is 0 Å². The first kappa shape index (κ1) is 8.97. The zero-order chi connectivity index (χ0) is 9.42. The molecule has 1 aromatic heterocycles. The number of pyridine rings is 1. The first-order valence-corrected chi connectivity index (χ1v) is 4.94. The highest BCUT2D eigenvalue weighted by molar-refractivity contribution is 6.30. The van der Waals surface area contributed by atoms with E-state index in [1.54, 1.807) is 6.20 Å². The minimum Gasteiger partial charge on any atom is -0.304 e. The number of nitrogens with one attached hydrogen (secondary N) is 1. The van der Waals surface area contributed by atoms with Crippen molar-refractivity contribution in [2.45, 2.75) is 26.4 Å². The number of halogens is 1. The van der Waals surface area contributed by atoms with E-state index in [1.165, 1.54) is 11.3 Å². The molecule has 1 aromatic rings. The highest BCUT2D eigenvalue weighted by Crippen LogP contribution is 2.30. The summed E-state index contributed by atoms with van der Waals surface area (Å²) in [7, 11) is 0. The largest absolute Gasteiger partial charge is 0.304 e. The summed E-state index contributed by atoms with van der Waals surface area (Å²) < 4.78 is 0. The SMILES string of the molecule is CC(C)[C@@H]1NCc2cc(Cl)cnc21. The molecule has 0 bridgehead atoms. The van der Waals surface area contributed by atoms with Crippen LogP contribution in [0.2, 0.25) is 5.02 Å². The van der Waals surface area contributed by atoms with Crippen LogP contribution < -0.4 is 5.32 Å². The van der Waals surface area contributed by atoms with E-state index in [0.29, 0.717) is 12.0 Å². The van der Waals surface area contributed by atoms with Crippen LogP contribution in [0.4, 0.5) is 0 Å². The zero-order valence-electron chi connectivity index (χ0n) is 7.84. The van der Waals surface area contributed by atoms with Gasteiger partial charge in [-0.3, -0.25) is 4.98 Å². The van der Waals surface area contributed by atoms with Gasteiger partial charge in [0.05, 0.1) is 16.8 Å². The molecule has 1 aliphatic rings.